The first-order chi connectivity index (χ1) is 13.6. The zero-order valence-corrected chi connectivity index (χ0v) is 16.6. The standard InChI is InChI=1S/C25H30O3/c1-25(17-27)13-11-22-21-10-8-20(28-16-18-5-3-2-4-6-18)15-19(21)7-9-23(22)24(25)12-14-26/h2-6,8,10,14-15,22-24,27H,7,9,11-13,16-17H2,1H3/t22?,23?,24?,25-/m1/s1. The molecule has 0 amide bonds. The summed E-state index contributed by atoms with van der Waals surface area (Å²) in [6.07, 6.45) is 5.80. The molecule has 0 spiro atoms. The first-order valence-electron chi connectivity index (χ1n) is 10.5. The summed E-state index contributed by atoms with van der Waals surface area (Å²) in [5, 5.41) is 9.99. The number of carbonyl (C=O) groups is 1. The van der Waals surface area contributed by atoms with Crippen molar-refractivity contribution < 1.29 is 14.6 Å². The number of aryl methyl sites for hydroxylation is 1. The van der Waals surface area contributed by atoms with E-state index in [4.69, 9.17) is 4.74 Å². The van der Waals surface area contributed by atoms with Crippen LogP contribution in [0.5, 0.6) is 5.75 Å². The Bertz CT molecular complexity index is 816. The maximum Gasteiger partial charge on any atom is 0.120 e. The summed E-state index contributed by atoms with van der Waals surface area (Å²) in [5.41, 5.74) is 3.87. The molecule has 0 radical (unpaired) electrons. The minimum absolute atomic E-state index is 0.127. The van der Waals surface area contributed by atoms with Crippen LogP contribution >= 0.6 is 0 Å². The molecule has 2 aliphatic rings. The normalized spacial score (nSPS) is 28.9. The number of carbonyl (C=O) groups excluding carboxylic acids is 1. The minimum atomic E-state index is -0.127. The van der Waals surface area contributed by atoms with Crippen molar-refractivity contribution in [2.24, 2.45) is 17.3 Å². The Morgan fingerprint density at radius 3 is 2.75 bits per heavy atom. The first-order valence-corrected chi connectivity index (χ1v) is 10.5. The fraction of sp³-hybridized carbons (Fsp3) is 0.480. The molecule has 2 aromatic rings. The van der Waals surface area contributed by atoms with Gasteiger partial charge in [0.2, 0.25) is 0 Å². The Morgan fingerprint density at radius 2 is 2.00 bits per heavy atom. The molecule has 2 aliphatic carbocycles. The summed E-state index contributed by atoms with van der Waals surface area (Å²) < 4.78 is 6.02. The van der Waals surface area contributed by atoms with E-state index in [1.165, 1.54) is 16.7 Å². The fourth-order valence-electron chi connectivity index (χ4n) is 5.54. The molecule has 0 heterocycles. The van der Waals surface area contributed by atoms with E-state index in [0.717, 1.165) is 37.7 Å². The third kappa shape index (κ3) is 3.60. The molecule has 2 aromatic carbocycles. The minimum Gasteiger partial charge on any atom is -0.489 e. The van der Waals surface area contributed by atoms with Crippen molar-refractivity contribution in [1.82, 2.24) is 0 Å². The Hall–Kier alpha value is -2.13. The first kappa shape index (κ1) is 19.2. The van der Waals surface area contributed by atoms with Crippen LogP contribution in [0.15, 0.2) is 48.5 Å². The van der Waals surface area contributed by atoms with Crippen LogP contribution < -0.4 is 4.74 Å². The monoisotopic (exact) mass is 378 g/mol. The van der Waals surface area contributed by atoms with Crippen molar-refractivity contribution in [3.63, 3.8) is 0 Å². The molecule has 3 heteroatoms. The van der Waals surface area contributed by atoms with Crippen LogP contribution in [-0.4, -0.2) is 18.0 Å². The molecule has 0 saturated heterocycles. The van der Waals surface area contributed by atoms with Gasteiger partial charge in [-0.1, -0.05) is 43.3 Å². The van der Waals surface area contributed by atoms with Crippen molar-refractivity contribution in [2.45, 2.75) is 51.6 Å². The summed E-state index contributed by atoms with van der Waals surface area (Å²) >= 11 is 0. The van der Waals surface area contributed by atoms with Gasteiger partial charge in [-0.3, -0.25) is 0 Å². The number of fused-ring (bicyclic) bond motifs is 3. The van der Waals surface area contributed by atoms with Crippen LogP contribution in [0.1, 0.15) is 55.2 Å². The van der Waals surface area contributed by atoms with Gasteiger partial charge in [0.25, 0.3) is 0 Å². The van der Waals surface area contributed by atoms with Crippen LogP contribution in [0.25, 0.3) is 0 Å². The largest absolute Gasteiger partial charge is 0.489 e. The summed E-state index contributed by atoms with van der Waals surface area (Å²) in [6.45, 7) is 2.92. The second-order valence-electron chi connectivity index (χ2n) is 8.80. The number of benzene rings is 2. The van der Waals surface area contributed by atoms with Crippen LogP contribution in [0.4, 0.5) is 0 Å². The quantitative estimate of drug-likeness (QED) is 0.727. The van der Waals surface area contributed by atoms with Crippen LogP contribution in [0, 0.1) is 17.3 Å². The maximum atomic E-state index is 11.3. The molecule has 28 heavy (non-hydrogen) atoms. The van der Waals surface area contributed by atoms with Gasteiger partial charge in [0.05, 0.1) is 0 Å². The Morgan fingerprint density at radius 1 is 1.18 bits per heavy atom. The van der Waals surface area contributed by atoms with Crippen molar-refractivity contribution in [1.29, 1.82) is 0 Å². The zero-order chi connectivity index (χ0) is 19.6. The summed E-state index contributed by atoms with van der Waals surface area (Å²) in [7, 11) is 0. The van der Waals surface area contributed by atoms with E-state index in [2.05, 4.69) is 37.3 Å². The Labute approximate surface area is 167 Å². The Balaban J connectivity index is 1.52. The highest BCUT2D eigenvalue weighted by molar-refractivity contribution is 5.50. The second kappa shape index (κ2) is 8.08. The third-order valence-electron chi connectivity index (χ3n) is 7.18. The summed E-state index contributed by atoms with van der Waals surface area (Å²) in [4.78, 5) is 11.3. The number of aliphatic hydroxyl groups excluding tert-OH is 1. The van der Waals surface area contributed by atoms with Crippen molar-refractivity contribution in [2.75, 3.05) is 6.61 Å². The van der Waals surface area contributed by atoms with Gasteiger partial charge in [-0.2, -0.15) is 0 Å². The van der Waals surface area contributed by atoms with E-state index in [1.54, 1.807) is 0 Å². The van der Waals surface area contributed by atoms with Crippen LogP contribution in [-0.2, 0) is 17.8 Å². The molecule has 0 bridgehead atoms. The van der Waals surface area contributed by atoms with Gasteiger partial charge in [0, 0.05) is 13.0 Å². The topological polar surface area (TPSA) is 46.5 Å². The maximum absolute atomic E-state index is 11.3. The summed E-state index contributed by atoms with van der Waals surface area (Å²) in [5.74, 6) is 2.19. The zero-order valence-electron chi connectivity index (χ0n) is 16.6. The third-order valence-corrected chi connectivity index (χ3v) is 7.18. The molecule has 1 fully saturated rings. The van der Waals surface area contributed by atoms with Crippen molar-refractivity contribution in [3.8, 4) is 5.75 Å². The molecule has 4 rings (SSSR count). The molecule has 1 N–H and O–H groups in total. The lowest BCUT2D eigenvalue weighted by Crippen LogP contribution is -2.44. The number of aldehydes is 1. The van der Waals surface area contributed by atoms with E-state index in [0.29, 0.717) is 24.9 Å². The van der Waals surface area contributed by atoms with Gasteiger partial charge in [-0.25, -0.2) is 0 Å². The van der Waals surface area contributed by atoms with Crippen molar-refractivity contribution in [3.05, 3.63) is 65.2 Å². The van der Waals surface area contributed by atoms with Gasteiger partial charge in [-0.15, -0.1) is 0 Å². The molecule has 3 unspecified atom stereocenters. The lowest BCUT2D eigenvalue weighted by atomic mass is 9.54. The fourth-order valence-corrected chi connectivity index (χ4v) is 5.54. The van der Waals surface area contributed by atoms with Gasteiger partial charge >= 0.3 is 0 Å². The molecule has 148 valence electrons. The predicted octanol–water partition coefficient (Wildman–Crippen LogP) is 4.91. The lowest BCUT2D eigenvalue weighted by molar-refractivity contribution is -0.112. The molecular formula is C25H30O3. The van der Waals surface area contributed by atoms with Crippen LogP contribution in [0.3, 0.4) is 0 Å². The van der Waals surface area contributed by atoms with E-state index in [9.17, 15) is 9.90 Å². The highest BCUT2D eigenvalue weighted by Crippen LogP contribution is 2.55. The number of hydrogen-bond acceptors (Lipinski definition) is 3. The predicted molar refractivity (Wildman–Crippen MR) is 110 cm³/mol. The smallest absolute Gasteiger partial charge is 0.120 e. The SMILES string of the molecule is C[C@]1(CO)CCC2c3ccc(OCc4ccccc4)cc3CCC2C1CC=O. The van der Waals surface area contributed by atoms with Gasteiger partial charge in [0.1, 0.15) is 18.6 Å². The highest BCUT2D eigenvalue weighted by Gasteiger charge is 2.47. The number of aliphatic hydroxyl groups is 1. The van der Waals surface area contributed by atoms with Gasteiger partial charge in [0.15, 0.2) is 0 Å². The number of hydrogen-bond donors (Lipinski definition) is 1. The molecular weight excluding hydrogens is 348 g/mol. The molecule has 3 nitrogen and oxygen atoms in total. The number of ether oxygens (including phenoxy) is 1. The summed E-state index contributed by atoms with van der Waals surface area (Å²) in [6, 6.07) is 16.8. The lowest BCUT2D eigenvalue weighted by Gasteiger charge is -2.51. The van der Waals surface area contributed by atoms with Gasteiger partial charge in [-0.05, 0) is 77.7 Å². The Kier molecular flexibility index (Phi) is 5.54. The molecule has 1 saturated carbocycles. The van der Waals surface area contributed by atoms with E-state index in [-0.39, 0.29) is 17.9 Å². The average Bonchev–Trinajstić information content (AvgIpc) is 2.74. The van der Waals surface area contributed by atoms with Crippen LogP contribution in [0.2, 0.25) is 0 Å². The van der Waals surface area contributed by atoms with Crippen molar-refractivity contribution >= 4 is 6.29 Å². The van der Waals surface area contributed by atoms with E-state index >= 15 is 0 Å². The van der Waals surface area contributed by atoms with Gasteiger partial charge < -0.3 is 14.6 Å². The van der Waals surface area contributed by atoms with E-state index < -0.39 is 0 Å². The molecule has 0 aliphatic heterocycles. The molecule has 4 atom stereocenters. The average molecular weight is 379 g/mol. The number of rotatable bonds is 6. The highest BCUT2D eigenvalue weighted by atomic mass is 16.5. The van der Waals surface area contributed by atoms with E-state index in [1.807, 2.05) is 18.2 Å². The molecule has 0 aromatic heterocycles. The second-order valence-corrected chi connectivity index (χ2v) is 8.80.